The molecule has 0 bridgehead atoms. The summed E-state index contributed by atoms with van der Waals surface area (Å²) in [5.41, 5.74) is 6.46. The summed E-state index contributed by atoms with van der Waals surface area (Å²) in [7, 11) is 0. The maximum absolute atomic E-state index is 13.7. The third kappa shape index (κ3) is 3.37. The molecule has 0 radical (unpaired) electrons. The zero-order valence-corrected chi connectivity index (χ0v) is 12.0. The second kappa shape index (κ2) is 6.35. The van der Waals surface area contributed by atoms with Crippen LogP contribution in [-0.2, 0) is 6.54 Å². The van der Waals surface area contributed by atoms with Crippen LogP contribution in [-0.4, -0.2) is 12.5 Å². The molecule has 3 nitrogen and oxygen atoms in total. The van der Waals surface area contributed by atoms with E-state index in [0.717, 1.165) is 13.0 Å². The first-order valence-corrected chi connectivity index (χ1v) is 7.35. The van der Waals surface area contributed by atoms with E-state index in [9.17, 15) is 9.18 Å². The van der Waals surface area contributed by atoms with Gasteiger partial charge in [0.15, 0.2) is 0 Å². The number of primary amides is 1. The summed E-state index contributed by atoms with van der Waals surface area (Å²) >= 11 is 0. The van der Waals surface area contributed by atoms with Gasteiger partial charge in [-0.1, -0.05) is 19.8 Å². The molecule has 0 atom stereocenters. The Hall–Kier alpha value is -1.42. The normalized spacial score (nSPS) is 17.3. The van der Waals surface area contributed by atoms with Crippen LogP contribution in [0.3, 0.4) is 0 Å². The Labute approximate surface area is 119 Å². The van der Waals surface area contributed by atoms with E-state index in [2.05, 4.69) is 12.2 Å². The molecule has 2 rings (SSSR count). The van der Waals surface area contributed by atoms with Crippen LogP contribution < -0.4 is 11.1 Å². The third-order valence-electron chi connectivity index (χ3n) is 4.56. The molecule has 1 amide bonds. The van der Waals surface area contributed by atoms with Crippen molar-refractivity contribution in [2.24, 2.45) is 11.1 Å². The summed E-state index contributed by atoms with van der Waals surface area (Å²) in [4.78, 5) is 11.1. The molecule has 0 aromatic heterocycles. The van der Waals surface area contributed by atoms with Crippen LogP contribution in [0.2, 0.25) is 0 Å². The Kier molecular flexibility index (Phi) is 4.76. The predicted molar refractivity (Wildman–Crippen MR) is 77.8 cm³/mol. The Morgan fingerprint density at radius 3 is 2.70 bits per heavy atom. The minimum atomic E-state index is -0.521. The highest BCUT2D eigenvalue weighted by molar-refractivity contribution is 5.92. The summed E-state index contributed by atoms with van der Waals surface area (Å²) in [6, 6.07) is 4.27. The maximum Gasteiger partial charge on any atom is 0.248 e. The highest BCUT2D eigenvalue weighted by Crippen LogP contribution is 2.40. The Balaban J connectivity index is 1.96. The van der Waals surface area contributed by atoms with Crippen molar-refractivity contribution in [1.29, 1.82) is 0 Å². The molecular weight excluding hydrogens is 255 g/mol. The molecule has 0 unspecified atom stereocenters. The number of carbonyl (C=O) groups is 1. The van der Waals surface area contributed by atoms with Gasteiger partial charge in [0.05, 0.1) is 0 Å². The molecule has 1 aliphatic rings. The molecule has 1 saturated carbocycles. The lowest BCUT2D eigenvalue weighted by Crippen LogP contribution is -2.31. The first-order valence-electron chi connectivity index (χ1n) is 7.35. The van der Waals surface area contributed by atoms with Crippen LogP contribution in [0.5, 0.6) is 0 Å². The number of hydrogen-bond donors (Lipinski definition) is 2. The summed E-state index contributed by atoms with van der Waals surface area (Å²) < 4.78 is 13.7. The number of carbonyl (C=O) groups excluding carboxylic acids is 1. The van der Waals surface area contributed by atoms with E-state index in [1.165, 1.54) is 43.9 Å². The molecule has 0 aliphatic heterocycles. The zero-order chi connectivity index (χ0) is 14.6. The minimum absolute atomic E-state index is 0.292. The van der Waals surface area contributed by atoms with Gasteiger partial charge in [0, 0.05) is 24.2 Å². The quantitative estimate of drug-likeness (QED) is 0.840. The number of amides is 1. The van der Waals surface area contributed by atoms with Gasteiger partial charge in [0.25, 0.3) is 0 Å². The monoisotopic (exact) mass is 278 g/mol. The number of hydrogen-bond acceptors (Lipinski definition) is 2. The molecule has 20 heavy (non-hydrogen) atoms. The molecule has 1 aromatic rings. The van der Waals surface area contributed by atoms with Gasteiger partial charge in [-0.3, -0.25) is 4.79 Å². The Morgan fingerprint density at radius 1 is 1.40 bits per heavy atom. The van der Waals surface area contributed by atoms with Crippen LogP contribution >= 0.6 is 0 Å². The Morgan fingerprint density at radius 2 is 2.10 bits per heavy atom. The maximum atomic E-state index is 13.7. The fourth-order valence-electron chi connectivity index (χ4n) is 3.11. The fraction of sp³-hybridized carbons (Fsp3) is 0.562. The van der Waals surface area contributed by atoms with Crippen LogP contribution in [0.1, 0.15) is 54.9 Å². The van der Waals surface area contributed by atoms with Crippen LogP contribution in [0, 0.1) is 11.2 Å². The highest BCUT2D eigenvalue weighted by atomic mass is 19.1. The second-order valence-corrected chi connectivity index (χ2v) is 5.83. The zero-order valence-electron chi connectivity index (χ0n) is 12.0. The predicted octanol–water partition coefficient (Wildman–Crippen LogP) is 2.98. The summed E-state index contributed by atoms with van der Waals surface area (Å²) in [5.74, 6) is -0.813. The molecule has 0 heterocycles. The van der Waals surface area contributed by atoms with E-state index < -0.39 is 5.91 Å². The third-order valence-corrected chi connectivity index (χ3v) is 4.56. The van der Waals surface area contributed by atoms with Crippen LogP contribution in [0.15, 0.2) is 18.2 Å². The van der Waals surface area contributed by atoms with E-state index in [4.69, 9.17) is 5.73 Å². The highest BCUT2D eigenvalue weighted by Gasteiger charge is 2.31. The lowest BCUT2D eigenvalue weighted by atomic mass is 9.83. The molecule has 0 spiro atoms. The van der Waals surface area contributed by atoms with Crippen LogP contribution in [0.25, 0.3) is 0 Å². The van der Waals surface area contributed by atoms with E-state index in [-0.39, 0.29) is 5.82 Å². The van der Waals surface area contributed by atoms with Gasteiger partial charge in [-0.2, -0.15) is 0 Å². The van der Waals surface area contributed by atoms with Crippen LogP contribution in [0.4, 0.5) is 4.39 Å². The summed E-state index contributed by atoms with van der Waals surface area (Å²) in [5, 5.41) is 3.35. The van der Waals surface area contributed by atoms with Crippen molar-refractivity contribution in [2.75, 3.05) is 6.54 Å². The van der Waals surface area contributed by atoms with Crippen molar-refractivity contribution in [1.82, 2.24) is 5.32 Å². The molecule has 3 N–H and O–H groups in total. The standard InChI is InChI=1S/C16H23FN2O/c1-2-16(7-3-4-8-16)11-19-10-13-9-12(15(18)20)5-6-14(13)17/h5-6,9,19H,2-4,7-8,10-11H2,1H3,(H2,18,20). The smallest absolute Gasteiger partial charge is 0.248 e. The van der Waals surface area contributed by atoms with Crippen molar-refractivity contribution in [2.45, 2.75) is 45.6 Å². The molecule has 1 aromatic carbocycles. The van der Waals surface area contributed by atoms with E-state index in [1.807, 2.05) is 0 Å². The average molecular weight is 278 g/mol. The first-order chi connectivity index (χ1) is 9.56. The van der Waals surface area contributed by atoms with Gasteiger partial charge in [0.2, 0.25) is 5.91 Å². The van der Waals surface area contributed by atoms with E-state index >= 15 is 0 Å². The average Bonchev–Trinajstić information content (AvgIpc) is 2.90. The summed E-state index contributed by atoms with van der Waals surface area (Å²) in [6.07, 6.45) is 6.24. The van der Waals surface area contributed by atoms with Crippen molar-refractivity contribution in [3.8, 4) is 0 Å². The number of benzene rings is 1. The van der Waals surface area contributed by atoms with E-state index in [1.54, 1.807) is 0 Å². The van der Waals surface area contributed by atoms with Gasteiger partial charge < -0.3 is 11.1 Å². The second-order valence-electron chi connectivity index (χ2n) is 5.83. The minimum Gasteiger partial charge on any atom is -0.366 e. The molecule has 1 fully saturated rings. The molecule has 1 aliphatic carbocycles. The van der Waals surface area contributed by atoms with Gasteiger partial charge >= 0.3 is 0 Å². The fourth-order valence-corrected chi connectivity index (χ4v) is 3.11. The van der Waals surface area contributed by atoms with Gasteiger partial charge in [-0.15, -0.1) is 0 Å². The number of rotatable bonds is 6. The van der Waals surface area contributed by atoms with Gasteiger partial charge in [-0.05, 0) is 42.9 Å². The Bertz CT molecular complexity index is 481. The topological polar surface area (TPSA) is 55.1 Å². The van der Waals surface area contributed by atoms with Crippen molar-refractivity contribution in [3.05, 3.63) is 35.1 Å². The lowest BCUT2D eigenvalue weighted by molar-refractivity contribution is 0.1000. The molecule has 4 heteroatoms. The molecule has 110 valence electrons. The van der Waals surface area contributed by atoms with Crippen molar-refractivity contribution in [3.63, 3.8) is 0 Å². The molecular formula is C16H23FN2O. The number of nitrogens with one attached hydrogen (secondary N) is 1. The van der Waals surface area contributed by atoms with Crippen molar-refractivity contribution >= 4 is 5.91 Å². The number of nitrogens with two attached hydrogens (primary N) is 1. The largest absolute Gasteiger partial charge is 0.366 e. The molecule has 0 saturated heterocycles. The first kappa shape index (κ1) is 15.0. The van der Waals surface area contributed by atoms with Gasteiger partial charge in [-0.25, -0.2) is 4.39 Å². The SMILES string of the molecule is CCC1(CNCc2cc(C(N)=O)ccc2F)CCCC1. The van der Waals surface area contributed by atoms with E-state index in [0.29, 0.717) is 23.1 Å². The lowest BCUT2D eigenvalue weighted by Gasteiger charge is -2.27. The number of halogens is 1. The van der Waals surface area contributed by atoms with Gasteiger partial charge in [0.1, 0.15) is 5.82 Å². The summed E-state index contributed by atoms with van der Waals surface area (Å²) in [6.45, 7) is 3.57. The van der Waals surface area contributed by atoms with Crippen molar-refractivity contribution < 1.29 is 9.18 Å².